The van der Waals surface area contributed by atoms with E-state index in [9.17, 15) is 5.26 Å². The third-order valence-electron chi connectivity index (χ3n) is 4.03. The molecule has 0 aromatic carbocycles. The summed E-state index contributed by atoms with van der Waals surface area (Å²) in [5, 5.41) is 9.41. The van der Waals surface area contributed by atoms with Gasteiger partial charge in [0.05, 0.1) is 18.4 Å². The van der Waals surface area contributed by atoms with E-state index < -0.39 is 0 Å². The molecule has 0 aliphatic carbocycles. The number of hydrogen-bond donors (Lipinski definition) is 0. The number of aryl methyl sites for hydroxylation is 2. The van der Waals surface area contributed by atoms with Crippen LogP contribution in [-0.4, -0.2) is 34.6 Å². The van der Waals surface area contributed by atoms with Crippen molar-refractivity contribution in [3.8, 4) is 11.9 Å². The van der Waals surface area contributed by atoms with E-state index in [0.29, 0.717) is 24.0 Å². The molecule has 6 heteroatoms. The highest BCUT2D eigenvalue weighted by Gasteiger charge is 2.26. The fourth-order valence-corrected chi connectivity index (χ4v) is 2.91. The summed E-state index contributed by atoms with van der Waals surface area (Å²) >= 11 is 0. The molecule has 23 heavy (non-hydrogen) atoms. The van der Waals surface area contributed by atoms with Gasteiger partial charge in [-0.05, 0) is 31.9 Å². The lowest BCUT2D eigenvalue weighted by atomic mass is 10.1. The Morgan fingerprint density at radius 2 is 2.26 bits per heavy atom. The first-order chi connectivity index (χ1) is 11.2. The van der Waals surface area contributed by atoms with Crippen LogP contribution >= 0.6 is 0 Å². The first-order valence-corrected chi connectivity index (χ1v) is 7.69. The molecule has 1 fully saturated rings. The Balaban J connectivity index is 1.67. The van der Waals surface area contributed by atoms with E-state index in [1.807, 2.05) is 19.9 Å². The number of aromatic nitrogens is 3. The van der Waals surface area contributed by atoms with E-state index in [4.69, 9.17) is 4.74 Å². The molecule has 0 saturated carbocycles. The van der Waals surface area contributed by atoms with Gasteiger partial charge in [0.1, 0.15) is 11.9 Å². The summed E-state index contributed by atoms with van der Waals surface area (Å²) in [5.74, 6) is 1.74. The summed E-state index contributed by atoms with van der Waals surface area (Å²) in [6.07, 6.45) is 5.88. The maximum atomic E-state index is 9.41. The maximum absolute atomic E-state index is 9.41. The molecule has 1 unspecified atom stereocenters. The van der Waals surface area contributed by atoms with E-state index in [1.54, 1.807) is 18.6 Å². The van der Waals surface area contributed by atoms with Crippen LogP contribution in [0.4, 0.5) is 5.82 Å². The molecule has 2 aromatic heterocycles. The number of hydrogen-bond acceptors (Lipinski definition) is 6. The highest BCUT2D eigenvalue weighted by atomic mass is 16.5. The molecule has 6 nitrogen and oxygen atoms in total. The van der Waals surface area contributed by atoms with E-state index >= 15 is 0 Å². The van der Waals surface area contributed by atoms with E-state index in [2.05, 4.69) is 25.9 Å². The second-order valence-corrected chi connectivity index (χ2v) is 5.85. The Hall–Kier alpha value is -2.68. The van der Waals surface area contributed by atoms with Crippen LogP contribution in [0.5, 0.6) is 5.88 Å². The lowest BCUT2D eigenvalue weighted by Crippen LogP contribution is -2.24. The van der Waals surface area contributed by atoms with Crippen molar-refractivity contribution in [2.24, 2.45) is 5.92 Å². The molecule has 1 saturated heterocycles. The van der Waals surface area contributed by atoms with Gasteiger partial charge in [0.2, 0.25) is 5.88 Å². The lowest BCUT2D eigenvalue weighted by Gasteiger charge is -2.20. The zero-order valence-corrected chi connectivity index (χ0v) is 13.4. The van der Waals surface area contributed by atoms with Gasteiger partial charge in [0.15, 0.2) is 0 Å². The fourth-order valence-electron chi connectivity index (χ4n) is 2.91. The van der Waals surface area contributed by atoms with Gasteiger partial charge < -0.3 is 9.64 Å². The van der Waals surface area contributed by atoms with Gasteiger partial charge >= 0.3 is 0 Å². The first kappa shape index (κ1) is 15.2. The van der Waals surface area contributed by atoms with Crippen molar-refractivity contribution in [3.05, 3.63) is 41.5 Å². The largest absolute Gasteiger partial charge is 0.476 e. The smallest absolute Gasteiger partial charge is 0.232 e. The quantitative estimate of drug-likeness (QED) is 0.862. The monoisotopic (exact) mass is 309 g/mol. The molecule has 0 bridgehead atoms. The normalized spacial score (nSPS) is 17.1. The fraction of sp³-hybridized carbons (Fsp3) is 0.412. The Kier molecular flexibility index (Phi) is 4.38. The zero-order valence-electron chi connectivity index (χ0n) is 13.4. The molecule has 0 amide bonds. The third kappa shape index (κ3) is 3.39. The molecule has 0 N–H and O–H groups in total. The number of nitrogens with zero attached hydrogens (tertiary/aromatic N) is 5. The van der Waals surface area contributed by atoms with Gasteiger partial charge in [0.25, 0.3) is 0 Å². The number of rotatable bonds is 4. The van der Waals surface area contributed by atoms with Crippen molar-refractivity contribution in [1.82, 2.24) is 15.0 Å². The molecule has 1 atom stereocenters. The maximum Gasteiger partial charge on any atom is 0.232 e. The second kappa shape index (κ2) is 6.61. The second-order valence-electron chi connectivity index (χ2n) is 5.85. The van der Waals surface area contributed by atoms with Crippen molar-refractivity contribution in [1.29, 1.82) is 5.26 Å². The molecule has 1 aliphatic rings. The van der Waals surface area contributed by atoms with E-state index in [0.717, 1.165) is 36.6 Å². The molecule has 0 radical (unpaired) electrons. The van der Waals surface area contributed by atoms with E-state index in [1.165, 1.54) is 0 Å². The van der Waals surface area contributed by atoms with Gasteiger partial charge in [-0.25, -0.2) is 9.97 Å². The van der Waals surface area contributed by atoms with Crippen LogP contribution in [-0.2, 0) is 0 Å². The van der Waals surface area contributed by atoms with Gasteiger partial charge in [-0.2, -0.15) is 5.26 Å². The molecule has 1 aliphatic heterocycles. The highest BCUT2D eigenvalue weighted by Crippen LogP contribution is 2.27. The van der Waals surface area contributed by atoms with Gasteiger partial charge in [-0.15, -0.1) is 0 Å². The molecular weight excluding hydrogens is 290 g/mol. The van der Waals surface area contributed by atoms with Crippen LogP contribution in [0.3, 0.4) is 0 Å². The zero-order chi connectivity index (χ0) is 16.2. The van der Waals surface area contributed by atoms with Gasteiger partial charge in [-0.3, -0.25) is 4.98 Å². The Labute approximate surface area is 135 Å². The number of pyridine rings is 1. The summed E-state index contributed by atoms with van der Waals surface area (Å²) in [6.45, 7) is 6.25. The topological polar surface area (TPSA) is 74.9 Å². The van der Waals surface area contributed by atoms with Crippen molar-refractivity contribution >= 4 is 5.82 Å². The minimum atomic E-state index is 0.395. The SMILES string of the molecule is Cc1cc(C)c(C#N)c(N2CCC(COc3cnccn3)C2)n1. The van der Waals surface area contributed by atoms with Gasteiger partial charge in [0, 0.05) is 37.1 Å². The summed E-state index contributed by atoms with van der Waals surface area (Å²) in [6, 6.07) is 4.24. The standard InChI is InChI=1S/C17H19N5O/c1-12-7-13(2)21-17(15(12)8-18)22-6-3-14(10-22)11-23-16-9-19-4-5-20-16/h4-5,7,9,14H,3,6,10-11H2,1-2H3. The molecule has 3 rings (SSSR count). The average Bonchev–Trinajstić information content (AvgIpc) is 3.02. The summed E-state index contributed by atoms with van der Waals surface area (Å²) in [7, 11) is 0. The highest BCUT2D eigenvalue weighted by molar-refractivity contribution is 5.58. The van der Waals surface area contributed by atoms with Crippen molar-refractivity contribution in [2.75, 3.05) is 24.6 Å². The average molecular weight is 309 g/mol. The van der Waals surface area contributed by atoms with E-state index in [-0.39, 0.29) is 0 Å². The molecule has 3 heterocycles. The summed E-state index contributed by atoms with van der Waals surface area (Å²) in [5.41, 5.74) is 2.59. The Morgan fingerprint density at radius 1 is 1.39 bits per heavy atom. The Bertz CT molecular complexity index is 726. The molecule has 2 aromatic rings. The summed E-state index contributed by atoms with van der Waals surface area (Å²) < 4.78 is 5.69. The third-order valence-corrected chi connectivity index (χ3v) is 4.03. The predicted octanol–water partition coefficient (Wildman–Crippen LogP) is 2.27. The van der Waals surface area contributed by atoms with Crippen LogP contribution in [0, 0.1) is 31.1 Å². The molecule has 118 valence electrons. The first-order valence-electron chi connectivity index (χ1n) is 7.69. The van der Waals surface area contributed by atoms with Crippen LogP contribution in [0.2, 0.25) is 0 Å². The van der Waals surface area contributed by atoms with Gasteiger partial charge in [-0.1, -0.05) is 0 Å². The van der Waals surface area contributed by atoms with Crippen LogP contribution in [0.1, 0.15) is 23.2 Å². The minimum Gasteiger partial charge on any atom is -0.476 e. The van der Waals surface area contributed by atoms with Crippen LogP contribution < -0.4 is 9.64 Å². The lowest BCUT2D eigenvalue weighted by molar-refractivity contribution is 0.251. The van der Waals surface area contributed by atoms with Crippen molar-refractivity contribution < 1.29 is 4.74 Å². The number of ether oxygens (including phenoxy) is 1. The molecule has 0 spiro atoms. The number of anilines is 1. The summed E-state index contributed by atoms with van der Waals surface area (Å²) in [4.78, 5) is 14.9. The van der Waals surface area contributed by atoms with Crippen molar-refractivity contribution in [2.45, 2.75) is 20.3 Å². The number of nitriles is 1. The predicted molar refractivity (Wildman–Crippen MR) is 86.3 cm³/mol. The molecular formula is C17H19N5O. The Morgan fingerprint density at radius 3 is 3.00 bits per heavy atom. The minimum absolute atomic E-state index is 0.395. The van der Waals surface area contributed by atoms with Crippen molar-refractivity contribution in [3.63, 3.8) is 0 Å². The van der Waals surface area contributed by atoms with Crippen LogP contribution in [0.15, 0.2) is 24.7 Å². The van der Waals surface area contributed by atoms with Crippen LogP contribution in [0.25, 0.3) is 0 Å².